The molecule has 1 amide bonds. The first-order valence-corrected chi connectivity index (χ1v) is 9.83. The molecule has 1 atom stereocenters. The van der Waals surface area contributed by atoms with Gasteiger partial charge in [0.15, 0.2) is 0 Å². The molecular formula is C22H24N4O3. The summed E-state index contributed by atoms with van der Waals surface area (Å²) in [5, 5.41) is 18.7. The number of hydrogen-bond acceptors (Lipinski definition) is 6. The van der Waals surface area contributed by atoms with Crippen LogP contribution in [0.25, 0.3) is 0 Å². The van der Waals surface area contributed by atoms with Crippen molar-refractivity contribution in [1.29, 1.82) is 5.26 Å². The highest BCUT2D eigenvalue weighted by Gasteiger charge is 2.36. The van der Waals surface area contributed by atoms with Crippen molar-refractivity contribution in [2.24, 2.45) is 0 Å². The Bertz CT molecular complexity index is 977. The van der Waals surface area contributed by atoms with Gasteiger partial charge in [0.05, 0.1) is 35.5 Å². The van der Waals surface area contributed by atoms with Crippen molar-refractivity contribution in [3.8, 4) is 11.8 Å². The maximum absolute atomic E-state index is 12.4. The number of fused-ring (bicyclic) bond motifs is 1. The number of likely N-dealkylation sites (N-methyl/N-ethyl adjacent to an activating group) is 1. The minimum atomic E-state index is -0.384. The van der Waals surface area contributed by atoms with Gasteiger partial charge >= 0.3 is 0 Å². The second kappa shape index (κ2) is 7.72. The summed E-state index contributed by atoms with van der Waals surface area (Å²) >= 11 is 0. The van der Waals surface area contributed by atoms with Crippen LogP contribution in [0, 0.1) is 18.3 Å². The van der Waals surface area contributed by atoms with E-state index in [0.717, 1.165) is 43.1 Å². The van der Waals surface area contributed by atoms with E-state index < -0.39 is 0 Å². The van der Waals surface area contributed by atoms with E-state index in [1.165, 1.54) is 0 Å². The summed E-state index contributed by atoms with van der Waals surface area (Å²) in [6, 6.07) is 10.9. The molecule has 0 saturated carbocycles. The second-order valence-electron chi connectivity index (χ2n) is 7.62. The van der Waals surface area contributed by atoms with Crippen LogP contribution in [0.5, 0.6) is 5.75 Å². The molecule has 7 heteroatoms. The number of nitrogens with zero attached hydrogens (tertiary/aromatic N) is 4. The van der Waals surface area contributed by atoms with Crippen LogP contribution in [-0.4, -0.2) is 53.7 Å². The number of aryl methyl sites for hydroxylation is 1. The predicted octanol–water partition coefficient (Wildman–Crippen LogP) is 2.43. The van der Waals surface area contributed by atoms with E-state index in [4.69, 9.17) is 15.0 Å². The molecule has 0 spiro atoms. The smallest absolute Gasteiger partial charge is 0.256 e. The van der Waals surface area contributed by atoms with Crippen LogP contribution < -0.4 is 9.64 Å². The van der Waals surface area contributed by atoms with E-state index in [0.29, 0.717) is 16.8 Å². The summed E-state index contributed by atoms with van der Waals surface area (Å²) < 4.78 is 6.07. The molecule has 0 bridgehead atoms. The third-order valence-electron chi connectivity index (χ3n) is 5.73. The van der Waals surface area contributed by atoms with Crippen LogP contribution in [-0.2, 0) is 0 Å². The lowest BCUT2D eigenvalue weighted by Crippen LogP contribution is -2.39. The number of aromatic nitrogens is 1. The zero-order valence-corrected chi connectivity index (χ0v) is 16.6. The average Bonchev–Trinajstić information content (AvgIpc) is 2.97. The fourth-order valence-electron chi connectivity index (χ4n) is 4.10. The molecular weight excluding hydrogens is 368 g/mol. The molecule has 29 heavy (non-hydrogen) atoms. The third-order valence-corrected chi connectivity index (χ3v) is 5.73. The quantitative estimate of drug-likeness (QED) is 0.860. The number of amides is 1. The number of aliphatic hydroxyl groups is 1. The van der Waals surface area contributed by atoms with Crippen LogP contribution in [0.1, 0.15) is 46.1 Å². The number of hydrogen-bond donors (Lipinski definition) is 1. The molecule has 1 aromatic heterocycles. The Kier molecular flexibility index (Phi) is 5.12. The standard InChI is InChI=1S/C22H24N4O3/c1-14-10-18-20(19(13-27)25(2)22(18)28)24-21(14)26-8-6-16(7-9-26)29-17-5-3-4-15(11-17)12-23/h3-5,10-11,16,19,27H,6-9,13H2,1-2H3/t19-/m0/s1. The summed E-state index contributed by atoms with van der Waals surface area (Å²) in [7, 11) is 1.70. The number of aliphatic hydroxyl groups excluding tert-OH is 1. The first kappa shape index (κ1) is 19.2. The predicted molar refractivity (Wildman–Crippen MR) is 108 cm³/mol. The highest BCUT2D eigenvalue weighted by Crippen LogP contribution is 2.34. The fourth-order valence-corrected chi connectivity index (χ4v) is 4.10. The van der Waals surface area contributed by atoms with Gasteiger partial charge in [-0.2, -0.15) is 5.26 Å². The lowest BCUT2D eigenvalue weighted by atomic mass is 10.0. The molecule has 1 saturated heterocycles. The Morgan fingerprint density at radius 3 is 2.76 bits per heavy atom. The topological polar surface area (TPSA) is 89.7 Å². The fraction of sp³-hybridized carbons (Fsp3) is 0.409. The maximum atomic E-state index is 12.4. The summed E-state index contributed by atoms with van der Waals surface area (Å²) in [5.41, 5.74) is 2.80. The van der Waals surface area contributed by atoms with Gasteiger partial charge in [0, 0.05) is 33.0 Å². The Morgan fingerprint density at radius 2 is 2.07 bits per heavy atom. The molecule has 2 aromatic rings. The van der Waals surface area contributed by atoms with Crippen LogP contribution in [0.15, 0.2) is 30.3 Å². The largest absolute Gasteiger partial charge is 0.490 e. The molecule has 2 aliphatic rings. The molecule has 150 valence electrons. The molecule has 7 nitrogen and oxygen atoms in total. The Balaban J connectivity index is 1.47. The van der Waals surface area contributed by atoms with E-state index in [9.17, 15) is 9.90 Å². The van der Waals surface area contributed by atoms with Crippen LogP contribution >= 0.6 is 0 Å². The molecule has 0 radical (unpaired) electrons. The molecule has 3 heterocycles. The third kappa shape index (κ3) is 3.52. The van der Waals surface area contributed by atoms with E-state index in [2.05, 4.69) is 11.0 Å². The molecule has 1 fully saturated rings. The van der Waals surface area contributed by atoms with Crippen molar-refractivity contribution in [1.82, 2.24) is 9.88 Å². The van der Waals surface area contributed by atoms with Gasteiger partial charge in [-0.15, -0.1) is 0 Å². The number of pyridine rings is 1. The molecule has 2 aliphatic heterocycles. The SMILES string of the molecule is Cc1cc2c(nc1N1CCC(Oc3cccc(C#N)c3)CC1)[C@H](CO)N(C)C2=O. The monoisotopic (exact) mass is 392 g/mol. The van der Waals surface area contributed by atoms with Crippen molar-refractivity contribution in [3.63, 3.8) is 0 Å². The van der Waals surface area contributed by atoms with Gasteiger partial charge in [-0.1, -0.05) is 6.07 Å². The minimum absolute atomic E-state index is 0.0899. The normalized spacial score (nSPS) is 19.2. The lowest BCUT2D eigenvalue weighted by Gasteiger charge is -2.34. The number of carbonyl (C=O) groups is 1. The van der Waals surface area contributed by atoms with E-state index in [-0.39, 0.29) is 24.7 Å². The number of anilines is 1. The van der Waals surface area contributed by atoms with E-state index >= 15 is 0 Å². The van der Waals surface area contributed by atoms with Gasteiger partial charge in [0.1, 0.15) is 17.7 Å². The van der Waals surface area contributed by atoms with E-state index in [1.54, 1.807) is 24.1 Å². The number of carbonyl (C=O) groups excluding carboxylic acids is 1. The number of piperidine rings is 1. The Hall–Kier alpha value is -3.11. The number of benzene rings is 1. The van der Waals surface area contributed by atoms with Crippen LogP contribution in [0.4, 0.5) is 5.82 Å². The summed E-state index contributed by atoms with van der Waals surface area (Å²) in [6.45, 7) is 3.42. The maximum Gasteiger partial charge on any atom is 0.256 e. The minimum Gasteiger partial charge on any atom is -0.490 e. The van der Waals surface area contributed by atoms with Gasteiger partial charge in [0.2, 0.25) is 0 Å². The number of rotatable bonds is 4. The first-order valence-electron chi connectivity index (χ1n) is 9.83. The van der Waals surface area contributed by atoms with Gasteiger partial charge in [-0.3, -0.25) is 4.79 Å². The molecule has 1 aromatic carbocycles. The van der Waals surface area contributed by atoms with Gasteiger partial charge in [-0.25, -0.2) is 4.98 Å². The number of ether oxygens (including phenoxy) is 1. The van der Waals surface area contributed by atoms with Crippen molar-refractivity contribution in [2.45, 2.75) is 31.9 Å². The van der Waals surface area contributed by atoms with E-state index in [1.807, 2.05) is 25.1 Å². The Morgan fingerprint density at radius 1 is 1.31 bits per heavy atom. The van der Waals surface area contributed by atoms with Crippen molar-refractivity contribution in [2.75, 3.05) is 31.6 Å². The Labute approximate surface area is 170 Å². The van der Waals surface area contributed by atoms with Gasteiger partial charge in [-0.05, 0) is 36.8 Å². The lowest BCUT2D eigenvalue weighted by molar-refractivity contribution is 0.0715. The zero-order chi connectivity index (χ0) is 20.5. The zero-order valence-electron chi connectivity index (χ0n) is 16.6. The first-order chi connectivity index (χ1) is 14.0. The summed E-state index contributed by atoms with van der Waals surface area (Å²) in [6.07, 6.45) is 1.78. The summed E-state index contributed by atoms with van der Waals surface area (Å²) in [5.74, 6) is 1.50. The van der Waals surface area contributed by atoms with Gasteiger partial charge < -0.3 is 19.6 Å². The van der Waals surface area contributed by atoms with Crippen molar-refractivity contribution in [3.05, 3.63) is 52.7 Å². The average molecular weight is 392 g/mol. The van der Waals surface area contributed by atoms with Crippen LogP contribution in [0.3, 0.4) is 0 Å². The summed E-state index contributed by atoms with van der Waals surface area (Å²) in [4.78, 5) is 21.0. The molecule has 0 aliphatic carbocycles. The van der Waals surface area contributed by atoms with Crippen molar-refractivity contribution >= 4 is 11.7 Å². The van der Waals surface area contributed by atoms with Gasteiger partial charge in [0.25, 0.3) is 5.91 Å². The second-order valence-corrected chi connectivity index (χ2v) is 7.62. The van der Waals surface area contributed by atoms with Crippen molar-refractivity contribution < 1.29 is 14.6 Å². The molecule has 4 rings (SSSR count). The molecule has 1 N–H and O–H groups in total. The van der Waals surface area contributed by atoms with Crippen LogP contribution in [0.2, 0.25) is 0 Å². The highest BCUT2D eigenvalue weighted by molar-refractivity contribution is 5.99. The highest BCUT2D eigenvalue weighted by atomic mass is 16.5. The molecule has 0 unspecified atom stereocenters. The number of nitriles is 1.